The van der Waals surface area contributed by atoms with Crippen molar-refractivity contribution in [3.8, 4) is 0 Å². The Hall–Kier alpha value is -2.67. The number of rotatable bonds is 5. The minimum Gasteiger partial charge on any atom is -0.355 e. The SMILES string of the molecule is CCC(C)N(Cc1ccccc1)C(=O)C1CCCN(C2=NS(=O)(=O)c3ccccc32)C1. The van der Waals surface area contributed by atoms with Gasteiger partial charge < -0.3 is 9.80 Å². The molecule has 0 bridgehead atoms. The third kappa shape index (κ3) is 4.37. The van der Waals surface area contributed by atoms with Gasteiger partial charge in [-0.2, -0.15) is 8.42 Å². The second-order valence-electron chi connectivity index (χ2n) is 8.38. The topological polar surface area (TPSA) is 70.1 Å². The number of likely N-dealkylation sites (tertiary alicyclic amines) is 1. The molecule has 2 aromatic carbocycles. The Morgan fingerprint density at radius 1 is 1.16 bits per heavy atom. The zero-order valence-corrected chi connectivity index (χ0v) is 18.9. The maximum Gasteiger partial charge on any atom is 0.285 e. The predicted molar refractivity (Wildman–Crippen MR) is 121 cm³/mol. The number of sulfonamides is 1. The summed E-state index contributed by atoms with van der Waals surface area (Å²) >= 11 is 0. The summed E-state index contributed by atoms with van der Waals surface area (Å²) in [4.78, 5) is 17.8. The van der Waals surface area contributed by atoms with Crippen LogP contribution in [-0.4, -0.2) is 49.1 Å². The van der Waals surface area contributed by atoms with Crippen LogP contribution in [0.15, 0.2) is 63.9 Å². The van der Waals surface area contributed by atoms with Crippen molar-refractivity contribution in [2.45, 2.75) is 50.6 Å². The molecular weight excluding hydrogens is 410 g/mol. The number of carbonyl (C=O) groups is 1. The van der Waals surface area contributed by atoms with E-state index >= 15 is 0 Å². The van der Waals surface area contributed by atoms with Crippen LogP contribution in [-0.2, 0) is 21.4 Å². The molecule has 2 heterocycles. The molecule has 6 nitrogen and oxygen atoms in total. The van der Waals surface area contributed by atoms with Gasteiger partial charge >= 0.3 is 0 Å². The molecule has 4 rings (SSSR count). The van der Waals surface area contributed by atoms with Crippen LogP contribution in [0.4, 0.5) is 0 Å². The molecule has 0 spiro atoms. The van der Waals surface area contributed by atoms with Crippen LogP contribution in [0.3, 0.4) is 0 Å². The van der Waals surface area contributed by atoms with E-state index in [1.807, 2.05) is 46.2 Å². The maximum absolute atomic E-state index is 13.6. The second kappa shape index (κ2) is 8.83. The van der Waals surface area contributed by atoms with Crippen molar-refractivity contribution in [3.05, 3.63) is 65.7 Å². The number of benzene rings is 2. The average Bonchev–Trinajstić information content (AvgIpc) is 3.08. The largest absolute Gasteiger partial charge is 0.355 e. The number of amidine groups is 1. The van der Waals surface area contributed by atoms with Crippen molar-refractivity contribution < 1.29 is 13.2 Å². The number of piperidine rings is 1. The molecule has 2 aliphatic rings. The summed E-state index contributed by atoms with van der Waals surface area (Å²) in [5.41, 5.74) is 1.75. The Morgan fingerprint density at radius 3 is 2.61 bits per heavy atom. The highest BCUT2D eigenvalue weighted by Gasteiger charge is 2.36. The van der Waals surface area contributed by atoms with Gasteiger partial charge in [0, 0.05) is 31.2 Å². The van der Waals surface area contributed by atoms with Crippen molar-refractivity contribution in [2.75, 3.05) is 13.1 Å². The minimum atomic E-state index is -3.67. The average molecular weight is 440 g/mol. The van der Waals surface area contributed by atoms with Crippen LogP contribution >= 0.6 is 0 Å². The maximum atomic E-state index is 13.6. The first-order chi connectivity index (χ1) is 14.9. The molecule has 0 aromatic heterocycles. The normalized spacial score (nSPS) is 20.6. The molecule has 164 valence electrons. The smallest absolute Gasteiger partial charge is 0.285 e. The van der Waals surface area contributed by atoms with Gasteiger partial charge in [0.25, 0.3) is 10.0 Å². The molecule has 2 unspecified atom stereocenters. The summed E-state index contributed by atoms with van der Waals surface area (Å²) in [5.74, 6) is 0.438. The van der Waals surface area contributed by atoms with Gasteiger partial charge in [0.1, 0.15) is 4.90 Å². The number of fused-ring (bicyclic) bond motifs is 1. The fraction of sp³-hybridized carbons (Fsp3) is 0.417. The van der Waals surface area contributed by atoms with Gasteiger partial charge in [-0.1, -0.05) is 49.4 Å². The van der Waals surface area contributed by atoms with E-state index in [0.717, 1.165) is 24.8 Å². The van der Waals surface area contributed by atoms with Crippen LogP contribution < -0.4 is 0 Å². The van der Waals surface area contributed by atoms with E-state index in [-0.39, 0.29) is 22.8 Å². The zero-order valence-electron chi connectivity index (χ0n) is 18.1. The first-order valence-corrected chi connectivity index (χ1v) is 12.4. The van der Waals surface area contributed by atoms with Crippen LogP contribution in [0.2, 0.25) is 0 Å². The van der Waals surface area contributed by atoms with Crippen LogP contribution in [0.25, 0.3) is 0 Å². The highest BCUT2D eigenvalue weighted by atomic mass is 32.2. The van der Waals surface area contributed by atoms with E-state index in [1.165, 1.54) is 0 Å². The number of amides is 1. The highest BCUT2D eigenvalue weighted by Crippen LogP contribution is 2.30. The highest BCUT2D eigenvalue weighted by molar-refractivity contribution is 7.90. The van der Waals surface area contributed by atoms with Crippen molar-refractivity contribution in [2.24, 2.45) is 10.3 Å². The van der Waals surface area contributed by atoms with E-state index in [0.29, 0.717) is 31.0 Å². The van der Waals surface area contributed by atoms with Crippen molar-refractivity contribution >= 4 is 21.8 Å². The fourth-order valence-corrected chi connectivity index (χ4v) is 5.60. The van der Waals surface area contributed by atoms with Crippen molar-refractivity contribution in [3.63, 3.8) is 0 Å². The van der Waals surface area contributed by atoms with Gasteiger partial charge in [0.05, 0.1) is 5.92 Å². The first kappa shape index (κ1) is 21.6. The lowest BCUT2D eigenvalue weighted by molar-refractivity contribution is -0.139. The summed E-state index contributed by atoms with van der Waals surface area (Å²) < 4.78 is 29.0. The Kier molecular flexibility index (Phi) is 6.14. The summed E-state index contributed by atoms with van der Waals surface area (Å²) in [6, 6.07) is 17.1. The molecule has 1 amide bonds. The molecule has 1 fully saturated rings. The Morgan fingerprint density at radius 2 is 1.87 bits per heavy atom. The van der Waals surface area contributed by atoms with Crippen LogP contribution in [0.1, 0.15) is 44.2 Å². The molecule has 0 radical (unpaired) electrons. The van der Waals surface area contributed by atoms with Crippen LogP contribution in [0, 0.1) is 5.92 Å². The number of hydrogen-bond acceptors (Lipinski definition) is 4. The lowest BCUT2D eigenvalue weighted by Gasteiger charge is -2.38. The first-order valence-electron chi connectivity index (χ1n) is 10.9. The molecular formula is C24H29N3O3S. The number of carbonyl (C=O) groups excluding carboxylic acids is 1. The lowest BCUT2D eigenvalue weighted by atomic mass is 9.94. The van der Waals surface area contributed by atoms with Crippen molar-refractivity contribution in [1.29, 1.82) is 0 Å². The quantitative estimate of drug-likeness (QED) is 0.713. The Labute approximate surface area is 184 Å². The molecule has 2 aliphatic heterocycles. The van der Waals surface area contributed by atoms with Gasteiger partial charge in [0.2, 0.25) is 5.91 Å². The molecule has 31 heavy (non-hydrogen) atoms. The molecule has 0 N–H and O–H groups in total. The Bertz CT molecular complexity index is 1080. The molecule has 7 heteroatoms. The third-order valence-corrected chi connectivity index (χ3v) is 7.61. The summed E-state index contributed by atoms with van der Waals surface area (Å²) in [5, 5.41) is 0. The van der Waals surface area contributed by atoms with Gasteiger partial charge in [-0.3, -0.25) is 4.79 Å². The third-order valence-electron chi connectivity index (χ3n) is 6.28. The Balaban J connectivity index is 1.55. The van der Waals surface area contributed by atoms with E-state index in [1.54, 1.807) is 18.2 Å². The van der Waals surface area contributed by atoms with Crippen molar-refractivity contribution in [1.82, 2.24) is 9.80 Å². The number of hydrogen-bond donors (Lipinski definition) is 0. The molecule has 0 aliphatic carbocycles. The van der Waals surface area contributed by atoms with E-state index in [4.69, 9.17) is 0 Å². The molecule has 2 aromatic rings. The second-order valence-corrected chi connectivity index (χ2v) is 9.95. The fourth-order valence-electron chi connectivity index (χ4n) is 4.37. The van der Waals surface area contributed by atoms with E-state index in [9.17, 15) is 13.2 Å². The van der Waals surface area contributed by atoms with E-state index in [2.05, 4.69) is 18.2 Å². The number of nitrogens with zero attached hydrogens (tertiary/aromatic N) is 3. The predicted octanol–water partition coefficient (Wildman–Crippen LogP) is 3.67. The summed E-state index contributed by atoms with van der Waals surface area (Å²) in [6.45, 7) is 5.96. The van der Waals surface area contributed by atoms with Gasteiger partial charge in [0.15, 0.2) is 5.84 Å². The summed E-state index contributed by atoms with van der Waals surface area (Å²) in [6.07, 6.45) is 2.52. The zero-order chi connectivity index (χ0) is 22.0. The monoisotopic (exact) mass is 439 g/mol. The van der Waals surface area contributed by atoms with Gasteiger partial charge in [-0.15, -0.1) is 4.40 Å². The van der Waals surface area contributed by atoms with Gasteiger partial charge in [-0.25, -0.2) is 0 Å². The standard InChI is InChI=1S/C24H29N3O3S/c1-3-18(2)27(16-19-10-5-4-6-11-19)24(28)20-12-9-15-26(17-20)23-21-13-7-8-14-22(21)31(29,30)25-23/h4-8,10-11,13-14,18,20H,3,9,12,15-17H2,1-2H3. The molecule has 0 saturated carbocycles. The molecule has 1 saturated heterocycles. The summed E-state index contributed by atoms with van der Waals surface area (Å²) in [7, 11) is -3.67. The van der Waals surface area contributed by atoms with Gasteiger partial charge in [-0.05, 0) is 43.9 Å². The molecule has 2 atom stereocenters. The van der Waals surface area contributed by atoms with Crippen LogP contribution in [0.5, 0.6) is 0 Å². The minimum absolute atomic E-state index is 0.132. The lowest BCUT2D eigenvalue weighted by Crippen LogP contribution is -2.48. The van der Waals surface area contributed by atoms with E-state index < -0.39 is 10.0 Å².